The van der Waals surface area contributed by atoms with Crippen LogP contribution in [0.2, 0.25) is 0 Å². The summed E-state index contributed by atoms with van der Waals surface area (Å²) in [6, 6.07) is 17.3. The third kappa shape index (κ3) is 4.18. The first-order chi connectivity index (χ1) is 12.4. The van der Waals surface area contributed by atoms with Gasteiger partial charge in [-0.1, -0.05) is 86.6 Å². The molecule has 3 nitrogen and oxygen atoms in total. The van der Waals surface area contributed by atoms with Gasteiger partial charge in [-0.25, -0.2) is 0 Å². The quantitative estimate of drug-likeness (QED) is 0.530. The van der Waals surface area contributed by atoms with Crippen molar-refractivity contribution in [2.24, 2.45) is 0 Å². The van der Waals surface area contributed by atoms with E-state index in [0.29, 0.717) is 0 Å². The summed E-state index contributed by atoms with van der Waals surface area (Å²) >= 11 is 1.75. The molecule has 26 heavy (non-hydrogen) atoms. The normalized spacial score (nSPS) is 11.7. The second-order valence-electron chi connectivity index (χ2n) is 7.66. The van der Waals surface area contributed by atoms with Crippen molar-refractivity contribution in [1.29, 1.82) is 0 Å². The lowest BCUT2D eigenvalue weighted by Gasteiger charge is -2.19. The van der Waals surface area contributed by atoms with E-state index in [1.54, 1.807) is 11.8 Å². The third-order valence-electron chi connectivity index (χ3n) is 4.49. The Hall–Kier alpha value is -2.07. The lowest BCUT2D eigenvalue weighted by Crippen LogP contribution is -2.10. The topological polar surface area (TPSA) is 30.7 Å². The van der Waals surface area contributed by atoms with Gasteiger partial charge in [0.2, 0.25) is 0 Å². The molecule has 1 heterocycles. The molecule has 0 aliphatic rings. The molecule has 0 radical (unpaired) electrons. The van der Waals surface area contributed by atoms with Gasteiger partial charge >= 0.3 is 0 Å². The molecule has 2 aromatic carbocycles. The van der Waals surface area contributed by atoms with Gasteiger partial charge in [-0.3, -0.25) is 0 Å². The van der Waals surface area contributed by atoms with Crippen molar-refractivity contribution in [1.82, 2.24) is 14.8 Å². The van der Waals surface area contributed by atoms with Crippen LogP contribution in [0.15, 0.2) is 53.7 Å². The largest absolute Gasteiger partial charge is 0.302 e. The Morgan fingerprint density at radius 1 is 1.00 bits per heavy atom. The Kier molecular flexibility index (Phi) is 5.52. The van der Waals surface area contributed by atoms with E-state index >= 15 is 0 Å². The van der Waals surface area contributed by atoms with Gasteiger partial charge in [0.15, 0.2) is 11.0 Å². The van der Waals surface area contributed by atoms with Crippen LogP contribution in [0.3, 0.4) is 0 Å². The summed E-state index contributed by atoms with van der Waals surface area (Å²) in [5.41, 5.74) is 5.22. The van der Waals surface area contributed by atoms with Crippen LogP contribution in [0.4, 0.5) is 0 Å². The Bertz CT molecular complexity index is 873. The van der Waals surface area contributed by atoms with Crippen molar-refractivity contribution >= 4 is 11.8 Å². The summed E-state index contributed by atoms with van der Waals surface area (Å²) in [6.07, 6.45) is 0. The maximum atomic E-state index is 4.47. The average Bonchev–Trinajstić information content (AvgIpc) is 3.02. The number of hydrogen-bond acceptors (Lipinski definition) is 3. The molecule has 0 bridgehead atoms. The monoisotopic (exact) mass is 365 g/mol. The highest BCUT2D eigenvalue weighted by Crippen LogP contribution is 2.28. The van der Waals surface area contributed by atoms with Crippen LogP contribution >= 0.6 is 11.8 Å². The first-order valence-corrected chi connectivity index (χ1v) is 10.1. The smallest absolute Gasteiger partial charge is 0.191 e. The lowest BCUT2D eigenvalue weighted by molar-refractivity contribution is 0.590. The van der Waals surface area contributed by atoms with Gasteiger partial charge in [0.25, 0.3) is 0 Å². The van der Waals surface area contributed by atoms with Crippen LogP contribution in [0.1, 0.15) is 44.4 Å². The number of benzene rings is 2. The van der Waals surface area contributed by atoms with E-state index in [4.69, 9.17) is 0 Å². The predicted octanol–water partition coefficient (Wildman–Crippen LogP) is 5.86. The number of nitrogens with zero attached hydrogens (tertiary/aromatic N) is 3. The molecule has 0 atom stereocenters. The number of hydrogen-bond donors (Lipinski definition) is 0. The second-order valence-corrected chi connectivity index (χ2v) is 8.60. The summed E-state index contributed by atoms with van der Waals surface area (Å²) in [4.78, 5) is 0. The predicted molar refractivity (Wildman–Crippen MR) is 111 cm³/mol. The maximum absolute atomic E-state index is 4.47. The van der Waals surface area contributed by atoms with Crippen molar-refractivity contribution in [2.75, 3.05) is 0 Å². The van der Waals surface area contributed by atoms with Gasteiger partial charge < -0.3 is 4.57 Å². The van der Waals surface area contributed by atoms with Crippen LogP contribution in [0, 0.1) is 6.92 Å². The molecular formula is C22H27N3S. The summed E-state index contributed by atoms with van der Waals surface area (Å²) in [7, 11) is 0. The van der Waals surface area contributed by atoms with Crippen molar-refractivity contribution < 1.29 is 0 Å². The van der Waals surface area contributed by atoms with Crippen LogP contribution in [0.25, 0.3) is 11.4 Å². The average molecular weight is 366 g/mol. The molecule has 0 amide bonds. The molecular weight excluding hydrogens is 338 g/mol. The van der Waals surface area contributed by atoms with E-state index in [-0.39, 0.29) is 5.41 Å². The summed E-state index contributed by atoms with van der Waals surface area (Å²) in [6.45, 7) is 11.8. The fourth-order valence-electron chi connectivity index (χ4n) is 2.96. The summed E-state index contributed by atoms with van der Waals surface area (Å²) in [5, 5.41) is 9.89. The van der Waals surface area contributed by atoms with Crippen LogP contribution in [-0.4, -0.2) is 14.8 Å². The number of rotatable bonds is 5. The molecule has 136 valence electrons. The molecule has 0 saturated carbocycles. The third-order valence-corrected chi connectivity index (χ3v) is 5.53. The molecule has 0 N–H and O–H groups in total. The van der Waals surface area contributed by atoms with E-state index in [1.165, 1.54) is 16.7 Å². The summed E-state index contributed by atoms with van der Waals surface area (Å²) < 4.78 is 2.20. The fourth-order valence-corrected chi connectivity index (χ4v) is 3.91. The molecule has 3 rings (SSSR count). The first kappa shape index (κ1) is 18.7. The Balaban J connectivity index is 1.81. The first-order valence-electron chi connectivity index (χ1n) is 9.11. The molecule has 0 fully saturated rings. The summed E-state index contributed by atoms with van der Waals surface area (Å²) in [5.74, 6) is 1.85. The minimum Gasteiger partial charge on any atom is -0.302 e. The van der Waals surface area contributed by atoms with Crippen LogP contribution in [0.5, 0.6) is 0 Å². The van der Waals surface area contributed by atoms with Crippen molar-refractivity contribution in [2.45, 2.75) is 57.5 Å². The van der Waals surface area contributed by atoms with Crippen molar-refractivity contribution in [3.05, 3.63) is 65.2 Å². The molecule has 0 spiro atoms. The van der Waals surface area contributed by atoms with Crippen LogP contribution < -0.4 is 0 Å². The molecule has 4 heteroatoms. The van der Waals surface area contributed by atoms with Gasteiger partial charge in [0.1, 0.15) is 0 Å². The maximum Gasteiger partial charge on any atom is 0.191 e. The highest BCUT2D eigenvalue weighted by Gasteiger charge is 2.16. The van der Waals surface area contributed by atoms with E-state index in [9.17, 15) is 0 Å². The zero-order valence-electron chi connectivity index (χ0n) is 16.3. The Morgan fingerprint density at radius 2 is 1.73 bits per heavy atom. The zero-order chi connectivity index (χ0) is 18.7. The van der Waals surface area contributed by atoms with Crippen molar-refractivity contribution in [3.63, 3.8) is 0 Å². The van der Waals surface area contributed by atoms with Gasteiger partial charge in [0, 0.05) is 17.9 Å². The molecule has 0 saturated heterocycles. The number of aromatic nitrogens is 3. The zero-order valence-corrected chi connectivity index (χ0v) is 17.1. The van der Waals surface area contributed by atoms with Gasteiger partial charge in [-0.2, -0.15) is 0 Å². The van der Waals surface area contributed by atoms with Gasteiger partial charge in [-0.05, 0) is 30.4 Å². The standard InChI is InChI=1S/C22H27N3S/c1-6-25-20(18-10-12-19(13-11-18)22(3,4)5)23-24-21(25)26-15-17-9-7-8-16(2)14-17/h7-14H,6,15H2,1-5H3. The highest BCUT2D eigenvalue weighted by atomic mass is 32.2. The highest BCUT2D eigenvalue weighted by molar-refractivity contribution is 7.98. The second kappa shape index (κ2) is 7.67. The van der Waals surface area contributed by atoms with Crippen molar-refractivity contribution in [3.8, 4) is 11.4 Å². The molecule has 0 aliphatic carbocycles. The van der Waals surface area contributed by atoms with Gasteiger partial charge in [-0.15, -0.1) is 10.2 Å². The molecule has 1 aromatic heterocycles. The van der Waals surface area contributed by atoms with Crippen LogP contribution in [-0.2, 0) is 17.7 Å². The number of thioether (sulfide) groups is 1. The number of aryl methyl sites for hydroxylation is 1. The van der Waals surface area contributed by atoms with E-state index in [1.807, 2.05) is 0 Å². The van der Waals surface area contributed by atoms with Gasteiger partial charge in [0.05, 0.1) is 0 Å². The SMILES string of the molecule is CCn1c(SCc2cccc(C)c2)nnc1-c1ccc(C(C)(C)C)cc1. The fraction of sp³-hybridized carbons (Fsp3) is 0.364. The van der Waals surface area contributed by atoms with E-state index in [2.05, 4.69) is 97.9 Å². The van der Waals surface area contributed by atoms with E-state index in [0.717, 1.165) is 28.8 Å². The molecule has 0 unspecified atom stereocenters. The molecule has 3 aromatic rings. The molecule has 0 aliphatic heterocycles. The Morgan fingerprint density at radius 3 is 2.35 bits per heavy atom. The lowest BCUT2D eigenvalue weighted by atomic mass is 9.87. The minimum absolute atomic E-state index is 0.159. The van der Waals surface area contributed by atoms with E-state index < -0.39 is 0 Å². The Labute approximate surface area is 160 Å². The minimum atomic E-state index is 0.159.